The first-order valence-corrected chi connectivity index (χ1v) is 12.4. The van der Waals surface area contributed by atoms with Gasteiger partial charge in [0.25, 0.3) is 0 Å². The number of carbonyl (C=O) groups is 1. The van der Waals surface area contributed by atoms with Crippen LogP contribution in [0.4, 0.5) is 5.82 Å². The number of carbonyl (C=O) groups excluding carboxylic acids is 1. The van der Waals surface area contributed by atoms with Crippen molar-refractivity contribution in [3.63, 3.8) is 0 Å². The molecule has 1 aromatic carbocycles. The summed E-state index contributed by atoms with van der Waals surface area (Å²) in [6.45, 7) is 7.50. The SMILES string of the molecule is CC12C=C3CC(C)(C1)CC(CC(=O)Nc1ncnc4c1CCN(Cc1ccccc1)C4)(C3)C2. The second-order valence-electron chi connectivity index (χ2n) is 12.0. The average molecular weight is 443 g/mol. The summed E-state index contributed by atoms with van der Waals surface area (Å²) < 4.78 is 0. The fourth-order valence-corrected chi connectivity index (χ4v) is 8.16. The van der Waals surface area contributed by atoms with E-state index >= 15 is 0 Å². The third-order valence-electron chi connectivity index (χ3n) is 8.35. The number of fused-ring (bicyclic) bond motifs is 1. The maximum absolute atomic E-state index is 13.3. The van der Waals surface area contributed by atoms with Gasteiger partial charge in [-0.15, -0.1) is 0 Å². The molecule has 2 heterocycles. The molecule has 1 aliphatic heterocycles. The van der Waals surface area contributed by atoms with E-state index in [1.165, 1.54) is 24.8 Å². The van der Waals surface area contributed by atoms with Crippen molar-refractivity contribution in [1.29, 1.82) is 0 Å². The number of nitrogens with zero attached hydrogens (tertiary/aromatic N) is 3. The van der Waals surface area contributed by atoms with Gasteiger partial charge in [0.05, 0.1) is 5.69 Å². The van der Waals surface area contributed by atoms with Crippen LogP contribution in [-0.4, -0.2) is 27.3 Å². The lowest BCUT2D eigenvalue weighted by Gasteiger charge is -2.61. The molecule has 1 aromatic heterocycles. The van der Waals surface area contributed by atoms with Gasteiger partial charge in [-0.25, -0.2) is 9.97 Å². The average Bonchev–Trinajstić information content (AvgIpc) is 2.71. The van der Waals surface area contributed by atoms with Gasteiger partial charge >= 0.3 is 0 Å². The Hall–Kier alpha value is -2.53. The van der Waals surface area contributed by atoms with Crippen molar-refractivity contribution in [3.05, 3.63) is 65.1 Å². The predicted octanol–water partition coefficient (Wildman–Crippen LogP) is 5.28. The Labute approximate surface area is 196 Å². The molecule has 1 amide bonds. The number of hydrogen-bond acceptors (Lipinski definition) is 4. The number of hydrogen-bond donors (Lipinski definition) is 1. The van der Waals surface area contributed by atoms with Crippen LogP contribution in [0, 0.1) is 16.2 Å². The van der Waals surface area contributed by atoms with Gasteiger partial charge in [0.2, 0.25) is 5.91 Å². The van der Waals surface area contributed by atoms with Crippen LogP contribution in [-0.2, 0) is 24.3 Å². The highest BCUT2D eigenvalue weighted by Crippen LogP contribution is 2.67. The Morgan fingerprint density at radius 1 is 1.09 bits per heavy atom. The van der Waals surface area contributed by atoms with Gasteiger partial charge in [-0.2, -0.15) is 0 Å². The molecule has 0 radical (unpaired) electrons. The van der Waals surface area contributed by atoms with Crippen molar-refractivity contribution in [2.45, 2.75) is 71.9 Å². The first-order chi connectivity index (χ1) is 15.8. The minimum atomic E-state index is 0.119. The molecule has 0 spiro atoms. The van der Waals surface area contributed by atoms with Crippen molar-refractivity contribution in [2.24, 2.45) is 16.2 Å². The summed E-state index contributed by atoms with van der Waals surface area (Å²) in [4.78, 5) is 24.8. The zero-order valence-electron chi connectivity index (χ0n) is 19.9. The molecule has 5 nitrogen and oxygen atoms in total. The lowest BCUT2D eigenvalue weighted by molar-refractivity contribution is -0.123. The molecule has 5 aliphatic rings. The number of nitrogens with one attached hydrogen (secondary N) is 1. The van der Waals surface area contributed by atoms with Gasteiger partial charge in [-0.1, -0.05) is 55.8 Å². The molecule has 7 rings (SSSR count). The zero-order valence-corrected chi connectivity index (χ0v) is 19.9. The number of allylic oxidation sites excluding steroid dienone is 2. The minimum Gasteiger partial charge on any atom is -0.310 e. The van der Waals surface area contributed by atoms with Gasteiger partial charge in [0.15, 0.2) is 0 Å². The van der Waals surface area contributed by atoms with Gasteiger partial charge in [-0.3, -0.25) is 9.69 Å². The van der Waals surface area contributed by atoms with Crippen LogP contribution in [0.2, 0.25) is 0 Å². The third kappa shape index (κ3) is 4.01. The van der Waals surface area contributed by atoms with Gasteiger partial charge in [0.1, 0.15) is 12.1 Å². The molecular weight excluding hydrogens is 408 g/mol. The highest BCUT2D eigenvalue weighted by molar-refractivity contribution is 5.91. The summed E-state index contributed by atoms with van der Waals surface area (Å²) in [5, 5.41) is 3.21. The van der Waals surface area contributed by atoms with Crippen molar-refractivity contribution in [1.82, 2.24) is 14.9 Å². The Bertz CT molecular complexity index is 1130. The van der Waals surface area contributed by atoms with E-state index < -0.39 is 0 Å². The van der Waals surface area contributed by atoms with Crippen molar-refractivity contribution in [3.8, 4) is 0 Å². The Kier molecular flexibility index (Phi) is 4.77. The third-order valence-corrected chi connectivity index (χ3v) is 8.35. The number of amides is 1. The molecule has 2 saturated carbocycles. The Balaban J connectivity index is 1.15. The highest BCUT2D eigenvalue weighted by atomic mass is 16.1. The van der Waals surface area contributed by atoms with Gasteiger partial charge < -0.3 is 5.32 Å². The molecule has 172 valence electrons. The summed E-state index contributed by atoms with van der Waals surface area (Å²) in [5.74, 6) is 0.850. The lowest BCUT2D eigenvalue weighted by atomic mass is 9.43. The fraction of sp³-hybridized carbons (Fsp3) is 0.536. The van der Waals surface area contributed by atoms with Crippen LogP contribution >= 0.6 is 0 Å². The maximum atomic E-state index is 13.3. The topological polar surface area (TPSA) is 58.1 Å². The standard InChI is InChI=1S/C28H34N4O/c1-26-10-21-11-27(2,16-26)18-28(12-21,17-26)13-24(33)31-25-22-8-9-32(15-23(22)29-19-30-25)14-20-6-4-3-5-7-20/h3-7,10,19H,8-9,11-18H2,1-2H3,(H,29,30,31,33). The normalized spacial score (nSPS) is 32.4. The Morgan fingerprint density at radius 3 is 2.73 bits per heavy atom. The first kappa shape index (κ1) is 21.0. The summed E-state index contributed by atoms with van der Waals surface area (Å²) in [7, 11) is 0. The van der Waals surface area contributed by atoms with E-state index in [1.807, 2.05) is 0 Å². The summed E-state index contributed by atoms with van der Waals surface area (Å²) in [6.07, 6.45) is 11.5. The second-order valence-corrected chi connectivity index (χ2v) is 12.0. The summed E-state index contributed by atoms with van der Waals surface area (Å²) in [5.41, 5.74) is 5.82. The molecule has 33 heavy (non-hydrogen) atoms. The smallest absolute Gasteiger partial charge is 0.226 e. The summed E-state index contributed by atoms with van der Waals surface area (Å²) >= 11 is 0. The first-order valence-electron chi connectivity index (χ1n) is 12.4. The molecule has 5 heteroatoms. The highest BCUT2D eigenvalue weighted by Gasteiger charge is 2.57. The molecule has 1 N–H and O–H groups in total. The molecule has 3 atom stereocenters. The Morgan fingerprint density at radius 2 is 1.94 bits per heavy atom. The van der Waals surface area contributed by atoms with Crippen molar-refractivity contribution in [2.75, 3.05) is 11.9 Å². The number of anilines is 1. The van der Waals surface area contributed by atoms with Gasteiger partial charge in [0, 0.05) is 31.6 Å². The largest absolute Gasteiger partial charge is 0.310 e. The van der Waals surface area contributed by atoms with Crippen LogP contribution in [0.1, 0.15) is 69.2 Å². The maximum Gasteiger partial charge on any atom is 0.226 e. The molecule has 2 aromatic rings. The molecule has 4 aliphatic carbocycles. The quantitative estimate of drug-likeness (QED) is 0.640. The van der Waals surface area contributed by atoms with E-state index in [0.29, 0.717) is 11.8 Å². The van der Waals surface area contributed by atoms with E-state index in [1.54, 1.807) is 11.9 Å². The minimum absolute atomic E-state index is 0.119. The van der Waals surface area contributed by atoms with E-state index in [0.717, 1.165) is 56.0 Å². The second kappa shape index (κ2) is 7.49. The van der Waals surface area contributed by atoms with Crippen molar-refractivity contribution >= 4 is 11.7 Å². The van der Waals surface area contributed by atoms with E-state index in [-0.39, 0.29) is 16.7 Å². The number of benzene rings is 1. The van der Waals surface area contributed by atoms with Crippen LogP contribution in [0.5, 0.6) is 0 Å². The molecule has 3 unspecified atom stereocenters. The molecule has 4 bridgehead atoms. The number of rotatable bonds is 5. The van der Waals surface area contributed by atoms with E-state index in [4.69, 9.17) is 0 Å². The zero-order chi connectivity index (χ0) is 22.7. The van der Waals surface area contributed by atoms with Gasteiger partial charge in [-0.05, 0) is 60.3 Å². The molecule has 0 saturated heterocycles. The molecular formula is C28H34N4O. The van der Waals surface area contributed by atoms with Crippen molar-refractivity contribution < 1.29 is 4.79 Å². The van der Waals surface area contributed by atoms with E-state index in [9.17, 15) is 4.79 Å². The number of aromatic nitrogens is 2. The van der Waals surface area contributed by atoms with E-state index in [2.05, 4.69) is 70.4 Å². The lowest BCUT2D eigenvalue weighted by Crippen LogP contribution is -2.51. The summed E-state index contributed by atoms with van der Waals surface area (Å²) in [6, 6.07) is 10.6. The van der Waals surface area contributed by atoms with Crippen LogP contribution in [0.25, 0.3) is 0 Å². The van der Waals surface area contributed by atoms with Crippen LogP contribution < -0.4 is 5.32 Å². The fourth-order valence-electron chi connectivity index (χ4n) is 8.16. The molecule has 2 fully saturated rings. The van der Waals surface area contributed by atoms with Crippen LogP contribution in [0.3, 0.4) is 0 Å². The van der Waals surface area contributed by atoms with Crippen LogP contribution in [0.15, 0.2) is 48.3 Å². The predicted molar refractivity (Wildman–Crippen MR) is 129 cm³/mol. The monoisotopic (exact) mass is 442 g/mol.